The summed E-state index contributed by atoms with van der Waals surface area (Å²) in [4.78, 5) is 13.4. The molecule has 3 N–H and O–H groups in total. The van der Waals surface area contributed by atoms with Crippen LogP contribution in [0.4, 0.5) is 4.39 Å². The van der Waals surface area contributed by atoms with Crippen LogP contribution in [0.5, 0.6) is 0 Å². The molecule has 1 aromatic rings. The number of nitrogens with two attached hydrogens (primary N) is 1. The van der Waals surface area contributed by atoms with E-state index in [0.717, 1.165) is 30.6 Å². The summed E-state index contributed by atoms with van der Waals surface area (Å²) in [6.07, 6.45) is 4.25. The highest BCUT2D eigenvalue weighted by atomic mass is 35.5. The number of carbonyl (C=O) groups is 1. The molecular formula is C17H22ClFN2OS. The number of fused-ring (bicyclic) bond motifs is 3. The van der Waals surface area contributed by atoms with Crippen LogP contribution in [0.3, 0.4) is 0 Å². The Balaban J connectivity index is 0.00000156. The monoisotopic (exact) mass is 356 g/mol. The number of thioether (sulfide) groups is 1. The zero-order chi connectivity index (χ0) is 15.3. The fourth-order valence-electron chi connectivity index (χ4n) is 4.53. The van der Waals surface area contributed by atoms with Gasteiger partial charge in [-0.3, -0.25) is 4.79 Å². The summed E-state index contributed by atoms with van der Waals surface area (Å²) < 4.78 is 13.9. The van der Waals surface area contributed by atoms with Crippen molar-refractivity contribution in [2.24, 2.45) is 23.5 Å². The van der Waals surface area contributed by atoms with E-state index >= 15 is 0 Å². The second-order valence-electron chi connectivity index (χ2n) is 6.79. The minimum absolute atomic E-state index is 0. The summed E-state index contributed by atoms with van der Waals surface area (Å²) in [6.45, 7) is 0. The lowest BCUT2D eigenvalue weighted by Gasteiger charge is -2.31. The standard InChI is InChI=1S/C17H21FN2OS.ClH/c18-12-3-1-2-11-13(6-7-22-16(11)12)20-17(21)14-9-4-5-10(8-9)15(14)19;/h1-3,9-10,13-15H,4-8,19H2,(H,20,21);1H. The van der Waals surface area contributed by atoms with Crippen LogP contribution in [0.15, 0.2) is 23.1 Å². The van der Waals surface area contributed by atoms with Crippen molar-refractivity contribution in [3.05, 3.63) is 29.6 Å². The summed E-state index contributed by atoms with van der Waals surface area (Å²) in [5.74, 6) is 1.65. The lowest BCUT2D eigenvalue weighted by atomic mass is 9.84. The van der Waals surface area contributed by atoms with Gasteiger partial charge in [0.15, 0.2) is 0 Å². The lowest BCUT2D eigenvalue weighted by Crippen LogP contribution is -2.46. The fourth-order valence-corrected chi connectivity index (χ4v) is 5.67. The van der Waals surface area contributed by atoms with E-state index in [0.29, 0.717) is 16.7 Å². The zero-order valence-electron chi connectivity index (χ0n) is 12.8. The van der Waals surface area contributed by atoms with Crippen LogP contribution in [-0.2, 0) is 4.79 Å². The average molecular weight is 357 g/mol. The number of nitrogens with one attached hydrogen (secondary N) is 1. The smallest absolute Gasteiger partial charge is 0.225 e. The first kappa shape index (κ1) is 17.1. The number of hydrogen-bond donors (Lipinski definition) is 2. The molecule has 0 radical (unpaired) electrons. The molecule has 3 aliphatic rings. The Morgan fingerprint density at radius 3 is 2.78 bits per heavy atom. The molecule has 2 aliphatic carbocycles. The maximum absolute atomic E-state index is 13.9. The van der Waals surface area contributed by atoms with Crippen LogP contribution in [0.25, 0.3) is 0 Å². The van der Waals surface area contributed by atoms with Crippen LogP contribution in [0.1, 0.15) is 37.3 Å². The molecule has 3 nitrogen and oxygen atoms in total. The molecule has 2 bridgehead atoms. The minimum atomic E-state index is -0.182. The SMILES string of the molecule is Cl.NC1C2CCC(C2)C1C(=O)NC1CCSc2c(F)cccc21. The highest BCUT2D eigenvalue weighted by molar-refractivity contribution is 7.99. The zero-order valence-corrected chi connectivity index (χ0v) is 14.5. The third-order valence-corrected chi connectivity index (χ3v) is 6.78. The molecule has 5 unspecified atom stereocenters. The fraction of sp³-hybridized carbons (Fsp3) is 0.588. The third kappa shape index (κ3) is 2.87. The summed E-state index contributed by atoms with van der Waals surface area (Å²) in [7, 11) is 0. The van der Waals surface area contributed by atoms with Gasteiger partial charge in [-0.15, -0.1) is 24.2 Å². The Bertz CT molecular complexity index is 612. The third-order valence-electron chi connectivity index (χ3n) is 5.63. The Morgan fingerprint density at radius 2 is 2.04 bits per heavy atom. The summed E-state index contributed by atoms with van der Waals surface area (Å²) in [5, 5.41) is 3.16. The Morgan fingerprint density at radius 1 is 1.26 bits per heavy atom. The number of amides is 1. The number of halogens is 2. The molecule has 126 valence electrons. The van der Waals surface area contributed by atoms with Crippen LogP contribution < -0.4 is 11.1 Å². The molecule has 0 aromatic heterocycles. The van der Waals surface area contributed by atoms with Crippen molar-refractivity contribution in [1.29, 1.82) is 0 Å². The van der Waals surface area contributed by atoms with E-state index in [2.05, 4.69) is 5.32 Å². The minimum Gasteiger partial charge on any atom is -0.349 e. The molecule has 1 aromatic carbocycles. The lowest BCUT2D eigenvalue weighted by molar-refractivity contribution is -0.127. The van der Waals surface area contributed by atoms with Gasteiger partial charge in [0.25, 0.3) is 0 Å². The predicted octanol–water partition coefficient (Wildman–Crippen LogP) is 3.27. The van der Waals surface area contributed by atoms with Gasteiger partial charge >= 0.3 is 0 Å². The van der Waals surface area contributed by atoms with Gasteiger partial charge in [-0.1, -0.05) is 12.1 Å². The second kappa shape index (κ2) is 6.61. The maximum atomic E-state index is 13.9. The molecular weight excluding hydrogens is 335 g/mol. The van der Waals surface area contributed by atoms with E-state index in [4.69, 9.17) is 5.73 Å². The molecule has 2 saturated carbocycles. The summed E-state index contributed by atoms with van der Waals surface area (Å²) >= 11 is 1.54. The first-order chi connectivity index (χ1) is 10.6. The largest absolute Gasteiger partial charge is 0.349 e. The van der Waals surface area contributed by atoms with Gasteiger partial charge in [-0.25, -0.2) is 4.39 Å². The van der Waals surface area contributed by atoms with Crippen molar-refractivity contribution >= 4 is 30.1 Å². The first-order valence-electron chi connectivity index (χ1n) is 8.12. The van der Waals surface area contributed by atoms with Crippen molar-refractivity contribution in [2.45, 2.75) is 42.7 Å². The molecule has 1 aliphatic heterocycles. The first-order valence-corrected chi connectivity index (χ1v) is 9.11. The Kier molecular flexibility index (Phi) is 4.90. The van der Waals surface area contributed by atoms with Crippen LogP contribution in [0, 0.1) is 23.6 Å². The number of hydrogen-bond acceptors (Lipinski definition) is 3. The van der Waals surface area contributed by atoms with Gasteiger partial charge in [0.1, 0.15) is 5.82 Å². The molecule has 5 atom stereocenters. The summed E-state index contributed by atoms with van der Waals surface area (Å²) in [6, 6.07) is 5.06. The van der Waals surface area contributed by atoms with Crippen LogP contribution in [0.2, 0.25) is 0 Å². The molecule has 1 heterocycles. The highest BCUT2D eigenvalue weighted by Gasteiger charge is 2.49. The van der Waals surface area contributed by atoms with Crippen molar-refractivity contribution in [1.82, 2.24) is 5.32 Å². The normalized spacial score (nSPS) is 34.6. The Labute approximate surface area is 146 Å². The van der Waals surface area contributed by atoms with E-state index < -0.39 is 0 Å². The average Bonchev–Trinajstić information content (AvgIpc) is 3.09. The maximum Gasteiger partial charge on any atom is 0.225 e. The van der Waals surface area contributed by atoms with Gasteiger partial charge in [-0.2, -0.15) is 0 Å². The molecule has 4 rings (SSSR count). The van der Waals surface area contributed by atoms with E-state index in [1.165, 1.54) is 12.5 Å². The topological polar surface area (TPSA) is 55.1 Å². The van der Waals surface area contributed by atoms with Crippen LogP contribution >= 0.6 is 24.2 Å². The van der Waals surface area contributed by atoms with Crippen molar-refractivity contribution in [2.75, 3.05) is 5.75 Å². The predicted molar refractivity (Wildman–Crippen MR) is 92.2 cm³/mol. The molecule has 1 amide bonds. The summed E-state index contributed by atoms with van der Waals surface area (Å²) in [5.41, 5.74) is 7.18. The van der Waals surface area contributed by atoms with E-state index in [9.17, 15) is 9.18 Å². The van der Waals surface area contributed by atoms with Crippen molar-refractivity contribution in [3.63, 3.8) is 0 Å². The Hall–Kier alpha value is -0.780. The molecule has 23 heavy (non-hydrogen) atoms. The molecule has 0 spiro atoms. The van der Waals surface area contributed by atoms with Gasteiger partial charge in [0, 0.05) is 16.7 Å². The van der Waals surface area contributed by atoms with E-state index in [-0.39, 0.29) is 42.1 Å². The second-order valence-corrected chi connectivity index (χ2v) is 7.90. The molecule has 6 heteroatoms. The number of carbonyl (C=O) groups excluding carboxylic acids is 1. The van der Waals surface area contributed by atoms with Crippen LogP contribution in [-0.4, -0.2) is 17.7 Å². The van der Waals surface area contributed by atoms with Gasteiger partial charge < -0.3 is 11.1 Å². The van der Waals surface area contributed by atoms with Gasteiger partial charge in [0.05, 0.1) is 12.0 Å². The highest BCUT2D eigenvalue weighted by Crippen LogP contribution is 2.48. The van der Waals surface area contributed by atoms with E-state index in [1.807, 2.05) is 6.07 Å². The number of rotatable bonds is 2. The van der Waals surface area contributed by atoms with Crippen molar-refractivity contribution in [3.8, 4) is 0 Å². The molecule has 2 fully saturated rings. The van der Waals surface area contributed by atoms with Gasteiger partial charge in [-0.05, 0) is 49.1 Å². The quantitative estimate of drug-likeness (QED) is 0.855. The molecule has 0 saturated heterocycles. The van der Waals surface area contributed by atoms with Crippen molar-refractivity contribution < 1.29 is 9.18 Å². The van der Waals surface area contributed by atoms with Gasteiger partial charge in [0.2, 0.25) is 5.91 Å². The van der Waals surface area contributed by atoms with E-state index in [1.54, 1.807) is 17.8 Å². The number of benzene rings is 1.